The molecule has 0 amide bonds. The van der Waals surface area contributed by atoms with Crippen LogP contribution in [0.1, 0.15) is 41.4 Å². The minimum atomic E-state index is 0.529. The molecule has 1 aliphatic heterocycles. The van der Waals surface area contributed by atoms with Crippen LogP contribution in [-0.2, 0) is 0 Å². The molecule has 4 rings (SSSR count). The lowest BCUT2D eigenvalue weighted by molar-refractivity contribution is 0.278. The van der Waals surface area contributed by atoms with E-state index in [9.17, 15) is 0 Å². The molecule has 0 saturated carbocycles. The first-order valence-electron chi connectivity index (χ1n) is 8.30. The van der Waals surface area contributed by atoms with Crippen molar-refractivity contribution >= 4 is 0 Å². The quantitative estimate of drug-likeness (QED) is 0.906. The number of fused-ring (bicyclic) bond motifs is 3. The van der Waals surface area contributed by atoms with Gasteiger partial charge < -0.3 is 10.1 Å². The molecule has 2 aromatic rings. The predicted octanol–water partition coefficient (Wildman–Crippen LogP) is 3.92. The van der Waals surface area contributed by atoms with Crippen molar-refractivity contribution in [2.24, 2.45) is 5.92 Å². The summed E-state index contributed by atoms with van der Waals surface area (Å²) in [5.74, 6) is 2.97. The largest absolute Gasteiger partial charge is 0.497 e. The lowest BCUT2D eigenvalue weighted by Crippen LogP contribution is -2.38. The second-order valence-electron chi connectivity index (χ2n) is 6.55. The molecule has 1 saturated heterocycles. The van der Waals surface area contributed by atoms with Crippen molar-refractivity contribution in [3.8, 4) is 5.75 Å². The van der Waals surface area contributed by atoms with Crippen LogP contribution in [0.25, 0.3) is 0 Å². The molecule has 114 valence electrons. The SMILES string of the molecule is COc1ccc(C2CC3CCNCC3c3ccccc32)cc1. The normalized spacial score (nSPS) is 26.9. The maximum absolute atomic E-state index is 5.30. The Hall–Kier alpha value is -1.80. The van der Waals surface area contributed by atoms with E-state index in [0.717, 1.165) is 18.2 Å². The van der Waals surface area contributed by atoms with Crippen molar-refractivity contribution in [1.82, 2.24) is 5.32 Å². The Bertz CT molecular complexity index is 649. The highest BCUT2D eigenvalue weighted by atomic mass is 16.5. The fourth-order valence-corrected chi connectivity index (χ4v) is 4.31. The summed E-state index contributed by atoms with van der Waals surface area (Å²) < 4.78 is 5.30. The van der Waals surface area contributed by atoms with Gasteiger partial charge in [0.1, 0.15) is 5.75 Å². The summed E-state index contributed by atoms with van der Waals surface area (Å²) in [4.78, 5) is 0. The lowest BCUT2D eigenvalue weighted by Gasteiger charge is -2.41. The van der Waals surface area contributed by atoms with Crippen molar-refractivity contribution in [2.45, 2.75) is 24.7 Å². The smallest absolute Gasteiger partial charge is 0.118 e. The molecule has 0 bridgehead atoms. The van der Waals surface area contributed by atoms with Crippen molar-refractivity contribution in [3.63, 3.8) is 0 Å². The van der Waals surface area contributed by atoms with Gasteiger partial charge in [0.15, 0.2) is 0 Å². The van der Waals surface area contributed by atoms with E-state index in [1.807, 2.05) is 0 Å². The van der Waals surface area contributed by atoms with E-state index in [2.05, 4.69) is 53.8 Å². The molecule has 0 aromatic heterocycles. The maximum Gasteiger partial charge on any atom is 0.118 e. The highest BCUT2D eigenvalue weighted by molar-refractivity contribution is 5.44. The van der Waals surface area contributed by atoms with Gasteiger partial charge in [0.2, 0.25) is 0 Å². The van der Waals surface area contributed by atoms with Gasteiger partial charge in [0.05, 0.1) is 7.11 Å². The van der Waals surface area contributed by atoms with Gasteiger partial charge in [0, 0.05) is 12.5 Å². The third kappa shape index (κ3) is 2.32. The Kier molecular flexibility index (Phi) is 3.63. The number of hydrogen-bond donors (Lipinski definition) is 1. The molecule has 2 aromatic carbocycles. The van der Waals surface area contributed by atoms with Crippen LogP contribution in [0.5, 0.6) is 5.75 Å². The van der Waals surface area contributed by atoms with E-state index in [4.69, 9.17) is 4.74 Å². The maximum atomic E-state index is 5.30. The molecular weight excluding hydrogens is 270 g/mol. The predicted molar refractivity (Wildman–Crippen MR) is 89.6 cm³/mol. The zero-order chi connectivity index (χ0) is 14.9. The number of methoxy groups -OCH3 is 1. The topological polar surface area (TPSA) is 21.3 Å². The molecule has 22 heavy (non-hydrogen) atoms. The average molecular weight is 293 g/mol. The Morgan fingerprint density at radius 3 is 2.55 bits per heavy atom. The fourth-order valence-electron chi connectivity index (χ4n) is 4.31. The van der Waals surface area contributed by atoms with Crippen LogP contribution >= 0.6 is 0 Å². The van der Waals surface area contributed by atoms with Crippen LogP contribution < -0.4 is 10.1 Å². The molecule has 1 heterocycles. The van der Waals surface area contributed by atoms with Crippen LogP contribution in [0.4, 0.5) is 0 Å². The summed E-state index contributed by atoms with van der Waals surface area (Å²) in [6.45, 7) is 2.30. The standard InChI is InChI=1S/C20H23NO/c1-22-16-8-6-14(7-9-16)19-12-15-10-11-21-13-20(15)18-5-3-2-4-17(18)19/h2-9,15,19-21H,10-13H2,1H3. The van der Waals surface area contributed by atoms with Gasteiger partial charge in [-0.2, -0.15) is 0 Å². The number of ether oxygens (including phenoxy) is 1. The zero-order valence-corrected chi connectivity index (χ0v) is 13.1. The van der Waals surface area contributed by atoms with E-state index in [1.54, 1.807) is 12.7 Å². The van der Waals surface area contributed by atoms with Gasteiger partial charge in [-0.15, -0.1) is 0 Å². The molecule has 2 heteroatoms. The van der Waals surface area contributed by atoms with Gasteiger partial charge in [-0.3, -0.25) is 0 Å². The summed E-state index contributed by atoms with van der Waals surface area (Å²) in [5.41, 5.74) is 4.51. The van der Waals surface area contributed by atoms with E-state index in [1.165, 1.54) is 30.5 Å². The van der Waals surface area contributed by atoms with Crippen molar-refractivity contribution in [2.75, 3.05) is 20.2 Å². The van der Waals surface area contributed by atoms with Crippen LogP contribution in [-0.4, -0.2) is 20.2 Å². The number of piperidine rings is 1. The van der Waals surface area contributed by atoms with E-state index in [0.29, 0.717) is 11.8 Å². The van der Waals surface area contributed by atoms with E-state index < -0.39 is 0 Å². The summed E-state index contributed by atoms with van der Waals surface area (Å²) in [7, 11) is 1.73. The molecule has 0 spiro atoms. The highest BCUT2D eigenvalue weighted by Gasteiger charge is 2.36. The summed E-state index contributed by atoms with van der Waals surface area (Å²) in [5, 5.41) is 3.58. The first kappa shape index (κ1) is 13.8. The molecule has 2 nitrogen and oxygen atoms in total. The Morgan fingerprint density at radius 1 is 1.00 bits per heavy atom. The first-order chi connectivity index (χ1) is 10.9. The Balaban J connectivity index is 1.75. The van der Waals surface area contributed by atoms with Gasteiger partial charge in [-0.25, -0.2) is 0 Å². The van der Waals surface area contributed by atoms with Crippen LogP contribution in [0.3, 0.4) is 0 Å². The molecule has 3 atom stereocenters. The van der Waals surface area contributed by atoms with Crippen molar-refractivity contribution in [3.05, 3.63) is 65.2 Å². The van der Waals surface area contributed by atoms with Gasteiger partial charge in [-0.05, 0) is 60.0 Å². The average Bonchev–Trinajstić information content (AvgIpc) is 2.61. The summed E-state index contributed by atoms with van der Waals surface area (Å²) in [6, 6.07) is 17.7. The first-order valence-corrected chi connectivity index (χ1v) is 8.30. The second-order valence-corrected chi connectivity index (χ2v) is 6.55. The number of rotatable bonds is 2. The number of hydrogen-bond acceptors (Lipinski definition) is 2. The highest BCUT2D eigenvalue weighted by Crippen LogP contribution is 2.47. The molecule has 1 N–H and O–H groups in total. The van der Waals surface area contributed by atoms with Crippen LogP contribution in [0.2, 0.25) is 0 Å². The number of nitrogens with one attached hydrogen (secondary N) is 1. The Morgan fingerprint density at radius 2 is 1.77 bits per heavy atom. The Labute approximate surface area is 132 Å². The fraction of sp³-hybridized carbons (Fsp3) is 0.400. The minimum absolute atomic E-state index is 0.529. The second kappa shape index (κ2) is 5.77. The van der Waals surface area contributed by atoms with Crippen LogP contribution in [0, 0.1) is 5.92 Å². The third-order valence-corrected chi connectivity index (χ3v) is 5.45. The van der Waals surface area contributed by atoms with E-state index >= 15 is 0 Å². The molecule has 1 fully saturated rings. The molecular formula is C20H23NO. The van der Waals surface area contributed by atoms with Crippen molar-refractivity contribution in [1.29, 1.82) is 0 Å². The van der Waals surface area contributed by atoms with Gasteiger partial charge in [-0.1, -0.05) is 36.4 Å². The number of benzene rings is 2. The van der Waals surface area contributed by atoms with Crippen molar-refractivity contribution < 1.29 is 4.74 Å². The zero-order valence-electron chi connectivity index (χ0n) is 13.1. The molecule has 2 aliphatic rings. The summed E-state index contributed by atoms with van der Waals surface area (Å²) in [6.07, 6.45) is 2.57. The molecule has 0 radical (unpaired) electrons. The van der Waals surface area contributed by atoms with Gasteiger partial charge in [0.25, 0.3) is 0 Å². The van der Waals surface area contributed by atoms with Crippen LogP contribution in [0.15, 0.2) is 48.5 Å². The van der Waals surface area contributed by atoms with E-state index in [-0.39, 0.29) is 0 Å². The minimum Gasteiger partial charge on any atom is -0.497 e. The monoisotopic (exact) mass is 293 g/mol. The third-order valence-electron chi connectivity index (χ3n) is 5.45. The molecule has 3 unspecified atom stereocenters. The lowest BCUT2D eigenvalue weighted by atomic mass is 9.66. The molecule has 1 aliphatic carbocycles. The summed E-state index contributed by atoms with van der Waals surface area (Å²) >= 11 is 0. The van der Waals surface area contributed by atoms with Gasteiger partial charge >= 0.3 is 0 Å².